The van der Waals surface area contributed by atoms with Crippen LogP contribution in [0.5, 0.6) is 5.75 Å². The van der Waals surface area contributed by atoms with E-state index in [0.29, 0.717) is 0 Å². The number of benzene rings is 1. The lowest BCUT2D eigenvalue weighted by atomic mass is 9.98. The maximum absolute atomic E-state index is 5.69. The van der Waals surface area contributed by atoms with Crippen molar-refractivity contribution >= 4 is 0 Å². The number of likely N-dealkylation sites (N-methyl/N-ethyl adjacent to an activating group) is 1. The van der Waals surface area contributed by atoms with E-state index >= 15 is 0 Å². The van der Waals surface area contributed by atoms with Gasteiger partial charge in [-0.15, -0.1) is 0 Å². The van der Waals surface area contributed by atoms with Gasteiger partial charge in [-0.3, -0.25) is 0 Å². The number of hydrogen-bond donors (Lipinski definition) is 0. The molecule has 0 unspecified atom stereocenters. The van der Waals surface area contributed by atoms with Crippen LogP contribution in [0.25, 0.3) is 0 Å². The molecule has 0 spiro atoms. The molecule has 17 heavy (non-hydrogen) atoms. The van der Waals surface area contributed by atoms with Gasteiger partial charge in [0.05, 0.1) is 0 Å². The van der Waals surface area contributed by atoms with Crippen LogP contribution in [0.2, 0.25) is 0 Å². The van der Waals surface area contributed by atoms with Gasteiger partial charge in [-0.25, -0.2) is 0 Å². The minimum atomic E-state index is 0.760. The Hall–Kier alpha value is -1.02. The molecular formula is C15H23NO. The smallest absolute Gasteiger partial charge is 0.119 e. The second-order valence-electron chi connectivity index (χ2n) is 5.20. The van der Waals surface area contributed by atoms with E-state index in [9.17, 15) is 0 Å². The van der Waals surface area contributed by atoms with Crippen LogP contribution < -0.4 is 4.74 Å². The zero-order valence-corrected chi connectivity index (χ0v) is 11.0. The van der Waals surface area contributed by atoms with E-state index < -0.39 is 0 Å². The molecule has 2 nitrogen and oxygen atoms in total. The fraction of sp³-hybridized carbons (Fsp3) is 0.600. The van der Waals surface area contributed by atoms with Gasteiger partial charge in [0.25, 0.3) is 0 Å². The fourth-order valence-electron chi connectivity index (χ4n) is 2.44. The highest BCUT2D eigenvalue weighted by Crippen LogP contribution is 2.34. The van der Waals surface area contributed by atoms with Gasteiger partial charge in [-0.2, -0.15) is 0 Å². The van der Waals surface area contributed by atoms with E-state index in [0.717, 1.165) is 24.8 Å². The lowest BCUT2D eigenvalue weighted by Gasteiger charge is -2.13. The van der Waals surface area contributed by atoms with Gasteiger partial charge in [0.1, 0.15) is 12.4 Å². The summed E-state index contributed by atoms with van der Waals surface area (Å²) in [6.07, 6.45) is 5.51. The van der Waals surface area contributed by atoms with Gasteiger partial charge in [-0.05, 0) is 50.6 Å². The summed E-state index contributed by atoms with van der Waals surface area (Å²) in [7, 11) is 4.12. The third-order valence-corrected chi connectivity index (χ3v) is 3.51. The van der Waals surface area contributed by atoms with Crippen molar-refractivity contribution in [2.75, 3.05) is 27.2 Å². The third kappa shape index (κ3) is 3.74. The van der Waals surface area contributed by atoms with Gasteiger partial charge in [0, 0.05) is 6.54 Å². The molecule has 0 aliphatic heterocycles. The zero-order chi connectivity index (χ0) is 12.1. The van der Waals surface area contributed by atoms with E-state index in [1.807, 2.05) is 0 Å². The molecule has 0 bridgehead atoms. The topological polar surface area (TPSA) is 12.5 Å². The van der Waals surface area contributed by atoms with Crippen molar-refractivity contribution in [1.82, 2.24) is 4.90 Å². The summed E-state index contributed by atoms with van der Waals surface area (Å²) < 4.78 is 5.69. The Bertz CT molecular complexity index is 325. The normalized spacial score (nSPS) is 16.6. The van der Waals surface area contributed by atoms with Crippen LogP contribution in [0.1, 0.15) is 37.2 Å². The van der Waals surface area contributed by atoms with Gasteiger partial charge in [0.15, 0.2) is 0 Å². The van der Waals surface area contributed by atoms with Gasteiger partial charge < -0.3 is 9.64 Å². The number of hydrogen-bond acceptors (Lipinski definition) is 2. The van der Waals surface area contributed by atoms with Crippen molar-refractivity contribution < 1.29 is 4.74 Å². The van der Waals surface area contributed by atoms with Crippen LogP contribution >= 0.6 is 0 Å². The second-order valence-corrected chi connectivity index (χ2v) is 5.20. The molecule has 0 amide bonds. The maximum Gasteiger partial charge on any atom is 0.119 e. The first kappa shape index (κ1) is 12.4. The third-order valence-electron chi connectivity index (χ3n) is 3.51. The molecule has 1 aliphatic carbocycles. The van der Waals surface area contributed by atoms with E-state index in [1.54, 1.807) is 0 Å². The van der Waals surface area contributed by atoms with Crippen molar-refractivity contribution in [3.63, 3.8) is 0 Å². The Morgan fingerprint density at radius 1 is 1.12 bits per heavy atom. The van der Waals surface area contributed by atoms with Crippen LogP contribution in [0.4, 0.5) is 0 Å². The standard InChI is InChI=1S/C15H23NO/c1-16(2)11-12-17-15-9-7-14(8-10-15)13-5-3-4-6-13/h7-10,13H,3-6,11-12H2,1-2H3. The van der Waals surface area contributed by atoms with Crippen molar-refractivity contribution in [3.8, 4) is 5.75 Å². The Kier molecular flexibility index (Phi) is 4.43. The number of ether oxygens (including phenoxy) is 1. The minimum absolute atomic E-state index is 0.760. The van der Waals surface area contributed by atoms with E-state index in [2.05, 4.69) is 43.3 Å². The molecular weight excluding hydrogens is 210 g/mol. The Morgan fingerprint density at radius 3 is 2.35 bits per heavy atom. The molecule has 94 valence electrons. The molecule has 1 saturated carbocycles. The molecule has 0 atom stereocenters. The fourth-order valence-corrected chi connectivity index (χ4v) is 2.44. The van der Waals surface area contributed by atoms with E-state index in [4.69, 9.17) is 4.74 Å². The largest absolute Gasteiger partial charge is 0.492 e. The van der Waals surface area contributed by atoms with Crippen LogP contribution in [-0.4, -0.2) is 32.1 Å². The molecule has 0 N–H and O–H groups in total. The summed E-state index contributed by atoms with van der Waals surface area (Å²) in [4.78, 5) is 2.13. The van der Waals surface area contributed by atoms with Crippen molar-refractivity contribution in [3.05, 3.63) is 29.8 Å². The summed E-state index contributed by atoms with van der Waals surface area (Å²) in [5.74, 6) is 1.79. The lowest BCUT2D eigenvalue weighted by Crippen LogP contribution is -2.19. The second kappa shape index (κ2) is 6.06. The average Bonchev–Trinajstić information content (AvgIpc) is 2.83. The van der Waals surface area contributed by atoms with Crippen LogP contribution in [0.3, 0.4) is 0 Å². The molecule has 2 heteroatoms. The first-order valence-electron chi connectivity index (χ1n) is 6.63. The predicted molar refractivity (Wildman–Crippen MR) is 71.7 cm³/mol. The predicted octanol–water partition coefficient (Wildman–Crippen LogP) is 3.28. The van der Waals surface area contributed by atoms with Gasteiger partial charge >= 0.3 is 0 Å². The highest BCUT2D eigenvalue weighted by molar-refractivity contribution is 5.29. The summed E-state index contributed by atoms with van der Waals surface area (Å²) >= 11 is 0. The molecule has 1 aliphatic rings. The number of rotatable bonds is 5. The molecule has 0 radical (unpaired) electrons. The SMILES string of the molecule is CN(C)CCOc1ccc(C2CCCC2)cc1. The van der Waals surface area contributed by atoms with Crippen LogP contribution in [0, 0.1) is 0 Å². The van der Waals surface area contributed by atoms with E-state index in [1.165, 1.54) is 31.2 Å². The number of nitrogens with zero attached hydrogens (tertiary/aromatic N) is 1. The highest BCUT2D eigenvalue weighted by atomic mass is 16.5. The van der Waals surface area contributed by atoms with Crippen molar-refractivity contribution in [2.45, 2.75) is 31.6 Å². The van der Waals surface area contributed by atoms with Gasteiger partial charge in [0.2, 0.25) is 0 Å². The Labute approximate surface area is 105 Å². The first-order chi connectivity index (χ1) is 8.25. The van der Waals surface area contributed by atoms with Crippen molar-refractivity contribution in [2.24, 2.45) is 0 Å². The summed E-state index contributed by atoms with van der Waals surface area (Å²) in [5, 5.41) is 0. The molecule has 1 aromatic rings. The quantitative estimate of drug-likeness (QED) is 0.774. The molecule has 0 saturated heterocycles. The molecule has 0 heterocycles. The zero-order valence-electron chi connectivity index (χ0n) is 11.0. The summed E-state index contributed by atoms with van der Waals surface area (Å²) in [5.41, 5.74) is 1.49. The van der Waals surface area contributed by atoms with Crippen molar-refractivity contribution in [1.29, 1.82) is 0 Å². The first-order valence-corrected chi connectivity index (χ1v) is 6.63. The monoisotopic (exact) mass is 233 g/mol. The molecule has 1 fully saturated rings. The molecule has 0 aromatic heterocycles. The lowest BCUT2D eigenvalue weighted by molar-refractivity contribution is 0.261. The summed E-state index contributed by atoms with van der Waals surface area (Å²) in [6.45, 7) is 1.72. The molecule has 1 aromatic carbocycles. The Morgan fingerprint density at radius 2 is 1.76 bits per heavy atom. The molecule has 2 rings (SSSR count). The summed E-state index contributed by atoms with van der Waals surface area (Å²) in [6, 6.07) is 8.70. The maximum atomic E-state index is 5.69. The van der Waals surface area contributed by atoms with E-state index in [-0.39, 0.29) is 0 Å². The Balaban J connectivity index is 1.84. The van der Waals surface area contributed by atoms with Gasteiger partial charge in [-0.1, -0.05) is 25.0 Å². The highest BCUT2D eigenvalue weighted by Gasteiger charge is 2.16. The van der Waals surface area contributed by atoms with Crippen LogP contribution in [0.15, 0.2) is 24.3 Å². The minimum Gasteiger partial charge on any atom is -0.492 e. The average molecular weight is 233 g/mol. The van der Waals surface area contributed by atoms with Crippen LogP contribution in [-0.2, 0) is 0 Å².